The number of hydrogen-bond donors (Lipinski definition) is 0. The first-order chi connectivity index (χ1) is 14.5. The lowest BCUT2D eigenvalue weighted by Crippen LogP contribution is -2.16. The van der Waals surface area contributed by atoms with Crippen LogP contribution in [0.4, 0.5) is 28.4 Å². The maximum absolute atomic E-state index is 11.4. The molecule has 0 amide bonds. The van der Waals surface area contributed by atoms with Crippen LogP contribution in [-0.4, -0.2) is 9.85 Å². The van der Waals surface area contributed by atoms with Gasteiger partial charge in [0.25, 0.3) is 11.4 Å². The van der Waals surface area contributed by atoms with Crippen LogP contribution < -0.4 is 9.64 Å². The molecule has 5 rings (SSSR count). The fraction of sp³-hybridized carbons (Fsp3) is 0. The summed E-state index contributed by atoms with van der Waals surface area (Å²) in [4.78, 5) is 23.5. The van der Waals surface area contributed by atoms with E-state index in [-0.39, 0.29) is 11.4 Å². The highest BCUT2D eigenvalue weighted by Crippen LogP contribution is 2.53. The lowest BCUT2D eigenvalue weighted by atomic mass is 10.0. The van der Waals surface area contributed by atoms with Crippen molar-refractivity contribution < 1.29 is 14.6 Å². The Morgan fingerprint density at radius 1 is 0.667 bits per heavy atom. The molecule has 0 aliphatic carbocycles. The highest BCUT2D eigenvalue weighted by atomic mass is 16.6. The second-order valence-corrected chi connectivity index (χ2v) is 6.75. The number of anilines is 3. The normalized spacial score (nSPS) is 12.1. The molecule has 0 unspecified atom stereocenters. The average Bonchev–Trinajstić information content (AvgIpc) is 2.76. The van der Waals surface area contributed by atoms with Crippen LogP contribution in [0.1, 0.15) is 0 Å². The minimum atomic E-state index is -0.489. The van der Waals surface area contributed by atoms with Gasteiger partial charge in [0, 0.05) is 23.6 Å². The molecule has 0 bridgehead atoms. The van der Waals surface area contributed by atoms with Crippen molar-refractivity contribution in [2.24, 2.45) is 0 Å². The second-order valence-electron chi connectivity index (χ2n) is 6.75. The van der Waals surface area contributed by atoms with Crippen molar-refractivity contribution in [2.75, 3.05) is 4.90 Å². The summed E-state index contributed by atoms with van der Waals surface area (Å²) in [5.74, 6) is 0.681. The van der Waals surface area contributed by atoms with Gasteiger partial charge in [-0.1, -0.05) is 36.4 Å². The van der Waals surface area contributed by atoms with E-state index in [0.717, 1.165) is 16.5 Å². The summed E-state index contributed by atoms with van der Waals surface area (Å²) in [7, 11) is 0. The van der Waals surface area contributed by atoms with Crippen molar-refractivity contribution in [3.8, 4) is 11.5 Å². The molecule has 1 aliphatic heterocycles. The molecule has 146 valence electrons. The predicted molar refractivity (Wildman–Crippen MR) is 112 cm³/mol. The van der Waals surface area contributed by atoms with Crippen molar-refractivity contribution >= 4 is 39.2 Å². The molecule has 0 radical (unpaired) electrons. The van der Waals surface area contributed by atoms with Gasteiger partial charge in [-0.15, -0.1) is 0 Å². The van der Waals surface area contributed by atoms with Crippen LogP contribution in [0.5, 0.6) is 11.5 Å². The van der Waals surface area contributed by atoms with Crippen LogP contribution in [0.2, 0.25) is 0 Å². The zero-order valence-electron chi connectivity index (χ0n) is 15.4. The molecular formula is C22H13N3O5. The Bertz CT molecular complexity index is 1350. The van der Waals surface area contributed by atoms with Gasteiger partial charge in [-0.25, -0.2) is 0 Å². The molecule has 0 aromatic heterocycles. The minimum absolute atomic E-state index is 0.0760. The molecule has 0 N–H and O–H groups in total. The molecule has 8 heteroatoms. The maximum Gasteiger partial charge on any atom is 0.273 e. The molecule has 1 aliphatic rings. The maximum atomic E-state index is 11.4. The Labute approximate surface area is 169 Å². The van der Waals surface area contributed by atoms with E-state index in [0.29, 0.717) is 22.9 Å². The quantitative estimate of drug-likeness (QED) is 0.263. The van der Waals surface area contributed by atoms with E-state index in [1.807, 2.05) is 47.4 Å². The van der Waals surface area contributed by atoms with Gasteiger partial charge in [-0.2, -0.15) is 0 Å². The largest absolute Gasteiger partial charge is 0.453 e. The summed E-state index contributed by atoms with van der Waals surface area (Å²) in [5.41, 5.74) is 1.66. The molecule has 4 aromatic rings. The Morgan fingerprint density at radius 2 is 1.37 bits per heavy atom. The van der Waals surface area contributed by atoms with Crippen LogP contribution in [0.3, 0.4) is 0 Å². The number of nitro benzene ring substituents is 2. The van der Waals surface area contributed by atoms with Crippen molar-refractivity contribution in [3.63, 3.8) is 0 Å². The Kier molecular flexibility index (Phi) is 3.85. The summed E-state index contributed by atoms with van der Waals surface area (Å²) in [6.45, 7) is 0. The Morgan fingerprint density at radius 3 is 2.17 bits per heavy atom. The molecule has 0 saturated carbocycles. The van der Waals surface area contributed by atoms with Crippen LogP contribution >= 0.6 is 0 Å². The van der Waals surface area contributed by atoms with E-state index in [4.69, 9.17) is 4.74 Å². The van der Waals surface area contributed by atoms with Gasteiger partial charge in [0.2, 0.25) is 0 Å². The topological polar surface area (TPSA) is 98.8 Å². The first kappa shape index (κ1) is 17.6. The van der Waals surface area contributed by atoms with Gasteiger partial charge < -0.3 is 9.64 Å². The first-order valence-corrected chi connectivity index (χ1v) is 9.05. The van der Waals surface area contributed by atoms with Crippen LogP contribution in [0, 0.1) is 20.2 Å². The highest BCUT2D eigenvalue weighted by Gasteiger charge is 2.30. The molecule has 8 nitrogen and oxygen atoms in total. The molecule has 0 saturated heterocycles. The Balaban J connectivity index is 1.81. The third kappa shape index (κ3) is 2.70. The molecule has 0 atom stereocenters. The number of nitrogens with zero attached hydrogens (tertiary/aromatic N) is 3. The number of non-ortho nitro benzene ring substituents is 2. The van der Waals surface area contributed by atoms with Crippen molar-refractivity contribution in [2.45, 2.75) is 0 Å². The van der Waals surface area contributed by atoms with Crippen LogP contribution in [0.15, 0.2) is 78.9 Å². The van der Waals surface area contributed by atoms with Crippen LogP contribution in [0.25, 0.3) is 10.8 Å². The zero-order chi connectivity index (χ0) is 20.8. The summed E-state index contributed by atoms with van der Waals surface area (Å²) in [6.07, 6.45) is 0. The van der Waals surface area contributed by atoms with E-state index in [1.54, 1.807) is 6.07 Å². The summed E-state index contributed by atoms with van der Waals surface area (Å²) >= 11 is 0. The first-order valence-electron chi connectivity index (χ1n) is 9.05. The van der Waals surface area contributed by atoms with Gasteiger partial charge in [0.1, 0.15) is 0 Å². The number of rotatable bonds is 3. The lowest BCUT2D eigenvalue weighted by Gasteiger charge is -2.33. The average molecular weight is 399 g/mol. The standard InChI is InChI=1S/C22H13N3O5/c26-24(27)15-9-11-21-20(12-15)23(18-7-3-5-14-4-1-2-6-17(14)18)19-10-8-16(25(28)29)13-22(19)30-21/h1-13H. The van der Waals surface area contributed by atoms with Crippen molar-refractivity contribution in [3.05, 3.63) is 99.1 Å². The molecule has 0 spiro atoms. The van der Waals surface area contributed by atoms with Crippen LogP contribution in [-0.2, 0) is 0 Å². The van der Waals surface area contributed by atoms with E-state index < -0.39 is 9.85 Å². The van der Waals surface area contributed by atoms with Gasteiger partial charge in [-0.3, -0.25) is 20.2 Å². The summed E-state index contributed by atoms with van der Waals surface area (Å²) in [6, 6.07) is 22.2. The fourth-order valence-electron chi connectivity index (χ4n) is 3.67. The van der Waals surface area contributed by atoms with E-state index in [1.165, 1.54) is 30.3 Å². The summed E-state index contributed by atoms with van der Waals surface area (Å²) in [5, 5.41) is 24.5. The number of benzene rings is 4. The SMILES string of the molecule is O=[N+]([O-])c1ccc2c(c1)Oc1ccc([N+](=O)[O-])cc1N2c1cccc2ccccc12. The third-order valence-electron chi connectivity index (χ3n) is 5.02. The summed E-state index contributed by atoms with van der Waals surface area (Å²) < 4.78 is 5.90. The van der Waals surface area contributed by atoms with Gasteiger partial charge in [-0.05, 0) is 23.6 Å². The van der Waals surface area contributed by atoms with E-state index in [9.17, 15) is 20.2 Å². The number of hydrogen-bond acceptors (Lipinski definition) is 6. The molecule has 30 heavy (non-hydrogen) atoms. The van der Waals surface area contributed by atoms with E-state index >= 15 is 0 Å². The van der Waals surface area contributed by atoms with E-state index in [2.05, 4.69) is 0 Å². The van der Waals surface area contributed by atoms with Gasteiger partial charge >= 0.3 is 0 Å². The number of ether oxygens (including phenoxy) is 1. The second kappa shape index (κ2) is 6.56. The van der Waals surface area contributed by atoms with Gasteiger partial charge in [0.05, 0.1) is 33.0 Å². The predicted octanol–water partition coefficient (Wildman–Crippen LogP) is 6.23. The molecule has 1 heterocycles. The zero-order valence-corrected chi connectivity index (χ0v) is 15.4. The van der Waals surface area contributed by atoms with Crippen molar-refractivity contribution in [1.82, 2.24) is 0 Å². The van der Waals surface area contributed by atoms with Crippen molar-refractivity contribution in [1.29, 1.82) is 0 Å². The molecular weight excluding hydrogens is 386 g/mol. The molecule has 4 aromatic carbocycles. The monoisotopic (exact) mass is 399 g/mol. The molecule has 0 fully saturated rings. The smallest absolute Gasteiger partial charge is 0.273 e. The fourth-order valence-corrected chi connectivity index (χ4v) is 3.67. The number of fused-ring (bicyclic) bond motifs is 3. The highest BCUT2D eigenvalue weighted by molar-refractivity contribution is 6.01. The lowest BCUT2D eigenvalue weighted by molar-refractivity contribution is -0.385. The number of nitro groups is 2. The minimum Gasteiger partial charge on any atom is -0.453 e. The Hall–Kier alpha value is -4.46. The third-order valence-corrected chi connectivity index (χ3v) is 5.02. The van der Waals surface area contributed by atoms with Gasteiger partial charge in [0.15, 0.2) is 11.5 Å².